The third-order valence-electron chi connectivity index (χ3n) is 0.850. The van der Waals surface area contributed by atoms with Gasteiger partial charge in [-0.1, -0.05) is 0 Å². The molecule has 5 nitrogen and oxygen atoms in total. The Morgan fingerprint density at radius 2 is 2.18 bits per heavy atom. The largest absolute Gasteiger partial charge is 0.480 e. The summed E-state index contributed by atoms with van der Waals surface area (Å²) in [5.41, 5.74) is 5.00. The van der Waals surface area contributed by atoms with Gasteiger partial charge in [-0.2, -0.15) is 0 Å². The van der Waals surface area contributed by atoms with E-state index in [2.05, 4.69) is 4.74 Å². The lowest BCUT2D eigenvalue weighted by Gasteiger charge is -2.05. The molecule has 0 saturated heterocycles. The number of ether oxygens (including phenoxy) is 1. The van der Waals surface area contributed by atoms with Crippen LogP contribution >= 0.6 is 11.6 Å². The Balaban J connectivity index is 3.54. The molecule has 0 aliphatic heterocycles. The van der Waals surface area contributed by atoms with Crippen molar-refractivity contribution in [2.24, 2.45) is 5.73 Å². The van der Waals surface area contributed by atoms with Crippen LogP contribution < -0.4 is 5.73 Å². The molecule has 0 bridgehead atoms. The highest BCUT2D eigenvalue weighted by atomic mass is 35.5. The van der Waals surface area contributed by atoms with Crippen molar-refractivity contribution in [2.45, 2.75) is 6.04 Å². The summed E-state index contributed by atoms with van der Waals surface area (Å²) in [5.74, 6) is -2.19. The molecular formula is C5H8ClNO4. The number of esters is 1. The van der Waals surface area contributed by atoms with Gasteiger partial charge in [0.1, 0.15) is 18.5 Å². The zero-order valence-corrected chi connectivity index (χ0v) is 6.37. The highest BCUT2D eigenvalue weighted by Crippen LogP contribution is 1.86. The highest BCUT2D eigenvalue weighted by molar-refractivity contribution is 6.26. The summed E-state index contributed by atoms with van der Waals surface area (Å²) >= 11 is 5.05. The summed E-state index contributed by atoms with van der Waals surface area (Å²) in [6.45, 7) is -0.346. The van der Waals surface area contributed by atoms with Gasteiger partial charge >= 0.3 is 11.9 Å². The Kier molecular flexibility index (Phi) is 4.56. The van der Waals surface area contributed by atoms with E-state index in [1.807, 2.05) is 0 Å². The van der Waals surface area contributed by atoms with Crippen LogP contribution in [-0.4, -0.2) is 35.6 Å². The number of halogens is 1. The van der Waals surface area contributed by atoms with E-state index in [9.17, 15) is 9.59 Å². The van der Waals surface area contributed by atoms with Crippen molar-refractivity contribution in [3.63, 3.8) is 0 Å². The quantitative estimate of drug-likeness (QED) is 0.437. The van der Waals surface area contributed by atoms with Crippen LogP contribution in [0.15, 0.2) is 0 Å². The SMILES string of the molecule is N[C@H](COC(=O)CCl)C(=O)O. The lowest BCUT2D eigenvalue weighted by molar-refractivity contribution is -0.145. The van der Waals surface area contributed by atoms with E-state index in [4.69, 9.17) is 22.4 Å². The Hall–Kier alpha value is -0.810. The third kappa shape index (κ3) is 4.58. The van der Waals surface area contributed by atoms with Crippen LogP contribution in [0.4, 0.5) is 0 Å². The first-order chi connectivity index (χ1) is 5.07. The summed E-state index contributed by atoms with van der Waals surface area (Å²) in [6.07, 6.45) is 0. The molecule has 1 atom stereocenters. The molecule has 0 aromatic rings. The lowest BCUT2D eigenvalue weighted by Crippen LogP contribution is -2.35. The molecule has 6 heteroatoms. The number of carboxylic acid groups (broad SMARTS) is 1. The fourth-order valence-electron chi connectivity index (χ4n) is 0.293. The van der Waals surface area contributed by atoms with Crippen molar-refractivity contribution in [1.82, 2.24) is 0 Å². The lowest BCUT2D eigenvalue weighted by atomic mass is 10.3. The summed E-state index contributed by atoms with van der Waals surface area (Å²) in [7, 11) is 0. The summed E-state index contributed by atoms with van der Waals surface area (Å²) < 4.78 is 4.34. The molecule has 0 heterocycles. The molecule has 11 heavy (non-hydrogen) atoms. The topological polar surface area (TPSA) is 89.6 Å². The number of carbonyl (C=O) groups excluding carboxylic acids is 1. The zero-order chi connectivity index (χ0) is 8.85. The average Bonchev–Trinajstić information content (AvgIpc) is 1.99. The van der Waals surface area contributed by atoms with Crippen LogP contribution in [0.25, 0.3) is 0 Å². The van der Waals surface area contributed by atoms with Crippen LogP contribution in [0.3, 0.4) is 0 Å². The predicted molar refractivity (Wildman–Crippen MR) is 37.3 cm³/mol. The Bertz CT molecular complexity index is 161. The minimum Gasteiger partial charge on any atom is -0.480 e. The van der Waals surface area contributed by atoms with E-state index in [0.717, 1.165) is 0 Å². The number of carboxylic acids is 1. The Morgan fingerprint density at radius 1 is 1.64 bits per heavy atom. The fraction of sp³-hybridized carbons (Fsp3) is 0.600. The van der Waals surface area contributed by atoms with Crippen molar-refractivity contribution in [3.8, 4) is 0 Å². The molecule has 0 spiro atoms. The first-order valence-electron chi connectivity index (χ1n) is 2.78. The third-order valence-corrected chi connectivity index (χ3v) is 1.07. The number of aliphatic carboxylic acids is 1. The zero-order valence-electron chi connectivity index (χ0n) is 5.62. The maximum Gasteiger partial charge on any atom is 0.324 e. The molecule has 0 aliphatic rings. The smallest absolute Gasteiger partial charge is 0.324 e. The molecule has 0 aromatic carbocycles. The molecule has 64 valence electrons. The maximum absolute atomic E-state index is 10.3. The van der Waals surface area contributed by atoms with E-state index >= 15 is 0 Å². The van der Waals surface area contributed by atoms with Crippen LogP contribution in [0.2, 0.25) is 0 Å². The molecule has 0 rings (SSSR count). The van der Waals surface area contributed by atoms with Crippen molar-refractivity contribution >= 4 is 23.5 Å². The van der Waals surface area contributed by atoms with Gasteiger partial charge in [0.05, 0.1) is 0 Å². The van der Waals surface area contributed by atoms with Gasteiger partial charge in [-0.3, -0.25) is 9.59 Å². The number of alkyl halides is 1. The van der Waals surface area contributed by atoms with Crippen LogP contribution in [0.1, 0.15) is 0 Å². The first-order valence-corrected chi connectivity index (χ1v) is 3.31. The van der Waals surface area contributed by atoms with Crippen molar-refractivity contribution < 1.29 is 19.4 Å². The number of rotatable bonds is 4. The molecule has 3 N–H and O–H groups in total. The minimum absolute atomic E-state index is 0.299. The first kappa shape index (κ1) is 10.2. The normalized spacial score (nSPS) is 12.2. The van der Waals surface area contributed by atoms with Gasteiger partial charge in [-0.15, -0.1) is 11.6 Å². The number of nitrogens with two attached hydrogens (primary N) is 1. The Morgan fingerprint density at radius 3 is 2.55 bits per heavy atom. The van der Waals surface area contributed by atoms with Gasteiger partial charge < -0.3 is 15.6 Å². The van der Waals surface area contributed by atoms with Gasteiger partial charge in [0.2, 0.25) is 0 Å². The fourth-order valence-corrected chi connectivity index (χ4v) is 0.370. The molecule has 0 unspecified atom stereocenters. The predicted octanol–water partition coefficient (Wildman–Crippen LogP) is -0.820. The second-order valence-corrected chi connectivity index (χ2v) is 2.03. The van der Waals surface area contributed by atoms with E-state index in [0.29, 0.717) is 0 Å². The molecular weight excluding hydrogens is 174 g/mol. The van der Waals surface area contributed by atoms with Crippen LogP contribution in [0.5, 0.6) is 0 Å². The molecule has 0 aliphatic carbocycles. The van der Waals surface area contributed by atoms with Crippen LogP contribution in [0, 0.1) is 0 Å². The number of hydrogen-bond acceptors (Lipinski definition) is 4. The summed E-state index contributed by atoms with van der Waals surface area (Å²) in [5, 5.41) is 8.22. The average molecular weight is 182 g/mol. The van der Waals surface area contributed by atoms with E-state index in [1.54, 1.807) is 0 Å². The second-order valence-electron chi connectivity index (χ2n) is 1.76. The molecule has 0 fully saturated rings. The van der Waals surface area contributed by atoms with Crippen molar-refractivity contribution in [2.75, 3.05) is 12.5 Å². The van der Waals surface area contributed by atoms with Crippen molar-refractivity contribution in [3.05, 3.63) is 0 Å². The highest BCUT2D eigenvalue weighted by Gasteiger charge is 2.13. The van der Waals surface area contributed by atoms with Crippen LogP contribution in [-0.2, 0) is 14.3 Å². The van der Waals surface area contributed by atoms with Gasteiger partial charge in [0, 0.05) is 0 Å². The van der Waals surface area contributed by atoms with Gasteiger partial charge in [0.15, 0.2) is 0 Å². The maximum atomic E-state index is 10.3. The van der Waals surface area contributed by atoms with E-state index < -0.39 is 18.0 Å². The Labute approximate surface area is 68.1 Å². The molecule has 0 aromatic heterocycles. The second kappa shape index (κ2) is 4.92. The van der Waals surface area contributed by atoms with E-state index in [1.165, 1.54) is 0 Å². The van der Waals surface area contributed by atoms with Crippen molar-refractivity contribution in [1.29, 1.82) is 0 Å². The minimum atomic E-state index is -1.22. The van der Waals surface area contributed by atoms with Gasteiger partial charge in [0.25, 0.3) is 0 Å². The summed E-state index contributed by atoms with van der Waals surface area (Å²) in [4.78, 5) is 20.4. The monoisotopic (exact) mass is 181 g/mol. The molecule has 0 saturated carbocycles. The van der Waals surface area contributed by atoms with Gasteiger partial charge in [-0.05, 0) is 0 Å². The number of hydrogen-bond donors (Lipinski definition) is 2. The van der Waals surface area contributed by atoms with E-state index in [-0.39, 0.29) is 12.5 Å². The summed E-state index contributed by atoms with van der Waals surface area (Å²) in [6, 6.07) is -1.18. The molecule has 0 radical (unpaired) electrons. The molecule has 0 amide bonds. The standard InChI is InChI=1S/C5H8ClNO4/c6-1-4(8)11-2-3(7)5(9)10/h3H,1-2,7H2,(H,9,10)/t3-/m1/s1. The number of carbonyl (C=O) groups is 2. The van der Waals surface area contributed by atoms with Gasteiger partial charge in [-0.25, -0.2) is 0 Å².